The normalized spacial score (nSPS) is 27.2. The SMILES string of the molecule is C#C.CO.COc1cccc2c1C(=O)c1c(O)c3c(c(O)c1C2=O)C[C@@](O)(C(=O)CO)C[C@@H]3O[C@H]1CC[C@H](O[C@@H]2CN(C)CCN2)CO1.O=CCCSC1CC(=O)N(CC2CCC(C(=O)O)CC2)C1=O. The molecule has 4 fully saturated rings. The van der Waals surface area contributed by atoms with Gasteiger partial charge in [0.05, 0.1) is 53.8 Å². The van der Waals surface area contributed by atoms with Gasteiger partial charge in [0, 0.05) is 87.8 Å². The fourth-order valence-corrected chi connectivity index (χ4v) is 10.8. The number of nitrogens with one attached hydrogen (secondary N) is 1. The number of nitrogens with zero attached hydrogens (tertiary/aromatic N) is 2. The van der Waals surface area contributed by atoms with Crippen LogP contribution in [0.3, 0.4) is 0 Å². The van der Waals surface area contributed by atoms with Crippen LogP contribution in [-0.4, -0.2) is 178 Å². The molecule has 7 N–H and O–H groups in total. The molecule has 3 heterocycles. The average molecular weight is 998 g/mol. The molecule has 21 heteroatoms. The van der Waals surface area contributed by atoms with Crippen molar-refractivity contribution >= 4 is 53.2 Å². The highest BCUT2D eigenvalue weighted by atomic mass is 32.2. The lowest BCUT2D eigenvalue weighted by Gasteiger charge is -2.41. The number of piperazine rings is 1. The van der Waals surface area contributed by atoms with Crippen molar-refractivity contribution in [2.75, 3.05) is 66.4 Å². The highest BCUT2D eigenvalue weighted by molar-refractivity contribution is 8.00. The number of likely N-dealkylation sites (N-methyl/N-ethyl adjacent to an activating group) is 1. The van der Waals surface area contributed by atoms with Crippen molar-refractivity contribution in [1.82, 2.24) is 15.1 Å². The molecule has 382 valence electrons. The van der Waals surface area contributed by atoms with E-state index < -0.39 is 83.4 Å². The molecule has 70 heavy (non-hydrogen) atoms. The van der Waals surface area contributed by atoms with Crippen LogP contribution in [0.4, 0.5) is 0 Å². The van der Waals surface area contributed by atoms with Crippen LogP contribution in [0.25, 0.3) is 0 Å². The number of terminal acetylenes is 1. The standard InChI is InChI=1S/C31H36N2O11.C15H21NO5S.C2H2.CH4O/c1-33-9-8-32-21(12-33)43-15-6-7-22(42-14-15)44-19-11-31(40,20(35)13-34)10-17-24(19)30(39)26-25(28(17)37)27(36)16-4-3-5-18(41-2)23(16)29(26)38;17-6-1-7-22-12-8-13(18)16(14(12)19)9-10-2-4-11(5-3-10)15(20)21;2*1-2/h3-5,15,19,21-22,32,34,37,39-40H,6-14H2,1-2H3;6,10-12H,1-5,7-9H2,(H,20,21);1-2H;2H,1H3/t15-,19-,21+,22-,31-;;;/m0.../s1. The van der Waals surface area contributed by atoms with E-state index in [4.69, 9.17) is 29.2 Å². The van der Waals surface area contributed by atoms with E-state index in [-0.39, 0.29) is 82.3 Å². The molecule has 20 nitrogen and oxygen atoms in total. The number of hydrogen-bond donors (Lipinski definition) is 7. The minimum atomic E-state index is -2.19. The van der Waals surface area contributed by atoms with Crippen LogP contribution < -0.4 is 10.1 Å². The van der Waals surface area contributed by atoms with Crippen molar-refractivity contribution < 1.29 is 83.1 Å². The maximum absolute atomic E-state index is 13.8. The number of methoxy groups -OCH3 is 1. The molecule has 3 saturated heterocycles. The number of aromatic hydroxyl groups is 2. The van der Waals surface area contributed by atoms with E-state index in [0.717, 1.165) is 45.9 Å². The molecule has 0 bridgehead atoms. The second-order valence-corrected chi connectivity index (χ2v) is 19.0. The number of aliphatic carboxylic acids is 1. The number of phenols is 2. The van der Waals surface area contributed by atoms with Crippen LogP contribution in [0, 0.1) is 24.7 Å². The van der Waals surface area contributed by atoms with E-state index in [1.165, 1.54) is 42.0 Å². The van der Waals surface area contributed by atoms with Gasteiger partial charge in [-0.2, -0.15) is 0 Å². The first kappa shape index (κ1) is 55.6. The number of Topliss-reactive ketones (excluding diaryl/α,β-unsaturated/α-hetero) is 1. The number of aldehydes is 1. The number of aliphatic hydroxyl groups is 3. The fraction of sp³-hybridized carbons (Fsp3) is 0.571. The van der Waals surface area contributed by atoms with Crippen molar-refractivity contribution in [2.24, 2.45) is 11.8 Å². The third-order valence-corrected chi connectivity index (χ3v) is 14.6. The molecule has 0 spiro atoms. The molecular weight excluding hydrogens is 935 g/mol. The van der Waals surface area contributed by atoms with Gasteiger partial charge >= 0.3 is 5.97 Å². The Morgan fingerprint density at radius 3 is 2.30 bits per heavy atom. The van der Waals surface area contributed by atoms with Crippen LogP contribution in [-0.2, 0) is 44.6 Å². The molecule has 1 saturated carbocycles. The predicted octanol–water partition coefficient (Wildman–Crippen LogP) is 1.75. The maximum Gasteiger partial charge on any atom is 0.306 e. The molecule has 6 atom stereocenters. The summed E-state index contributed by atoms with van der Waals surface area (Å²) in [6, 6.07) is 4.45. The van der Waals surface area contributed by atoms with Crippen molar-refractivity contribution in [2.45, 2.75) is 99.8 Å². The van der Waals surface area contributed by atoms with Crippen LogP contribution in [0.15, 0.2) is 18.2 Å². The first-order valence-corrected chi connectivity index (χ1v) is 24.1. The van der Waals surface area contributed by atoms with E-state index in [9.17, 15) is 54.0 Å². The Bertz CT molecular complexity index is 2270. The zero-order valence-electron chi connectivity index (χ0n) is 39.5. The van der Waals surface area contributed by atoms with Crippen LogP contribution in [0.5, 0.6) is 17.2 Å². The number of benzene rings is 2. The Hall–Kier alpha value is -5.28. The number of carbonyl (C=O) groups excluding carboxylic acids is 6. The molecule has 0 aromatic heterocycles. The lowest BCUT2D eigenvalue weighted by atomic mass is 9.72. The number of ketones is 3. The Morgan fingerprint density at radius 1 is 0.986 bits per heavy atom. The summed E-state index contributed by atoms with van der Waals surface area (Å²) in [5.41, 5.74) is -3.29. The predicted molar refractivity (Wildman–Crippen MR) is 251 cm³/mol. The van der Waals surface area contributed by atoms with Crippen molar-refractivity contribution in [3.63, 3.8) is 0 Å². The summed E-state index contributed by atoms with van der Waals surface area (Å²) in [4.78, 5) is 89.1. The van der Waals surface area contributed by atoms with Gasteiger partial charge in [-0.15, -0.1) is 24.6 Å². The number of fused-ring (bicyclic) bond motifs is 3. The quantitative estimate of drug-likeness (QED) is 0.0398. The monoisotopic (exact) mass is 997 g/mol. The number of carbonyl (C=O) groups is 7. The molecule has 2 amide bonds. The van der Waals surface area contributed by atoms with Gasteiger partial charge in [-0.3, -0.25) is 39.0 Å². The van der Waals surface area contributed by atoms with Gasteiger partial charge < -0.3 is 59.3 Å². The Balaban J connectivity index is 0.000000295. The lowest BCUT2D eigenvalue weighted by molar-refractivity contribution is -0.231. The van der Waals surface area contributed by atoms with Gasteiger partial charge in [0.1, 0.15) is 42.0 Å². The fourth-order valence-electron chi connectivity index (χ4n) is 9.76. The van der Waals surface area contributed by atoms with Gasteiger partial charge in [0.15, 0.2) is 17.9 Å². The van der Waals surface area contributed by atoms with Gasteiger partial charge in [-0.05, 0) is 51.1 Å². The third-order valence-electron chi connectivity index (χ3n) is 13.3. The average Bonchev–Trinajstić information content (AvgIpc) is 3.63. The topological polar surface area (TPSA) is 296 Å². The van der Waals surface area contributed by atoms with Crippen LogP contribution in [0.1, 0.15) is 107 Å². The highest BCUT2D eigenvalue weighted by Gasteiger charge is 2.50. The Morgan fingerprint density at radius 2 is 1.69 bits per heavy atom. The van der Waals surface area contributed by atoms with Crippen molar-refractivity contribution in [3.8, 4) is 30.1 Å². The van der Waals surface area contributed by atoms with Gasteiger partial charge in [-0.25, -0.2) is 0 Å². The number of phenolic OH excluding ortho intramolecular Hbond substituents is 2. The summed E-state index contributed by atoms with van der Waals surface area (Å²) in [7, 11) is 4.37. The number of hydrogen-bond acceptors (Lipinski definition) is 19. The summed E-state index contributed by atoms with van der Waals surface area (Å²) in [6.45, 7) is 2.10. The number of rotatable bonds is 14. The first-order chi connectivity index (χ1) is 33.6. The van der Waals surface area contributed by atoms with Crippen LogP contribution >= 0.6 is 11.8 Å². The van der Waals surface area contributed by atoms with E-state index in [2.05, 4.69) is 23.1 Å². The third kappa shape index (κ3) is 12.2. The number of imide groups is 1. The molecule has 8 rings (SSSR count). The molecule has 2 aromatic rings. The number of ether oxygens (including phenoxy) is 4. The van der Waals surface area contributed by atoms with Crippen molar-refractivity contribution in [3.05, 3.63) is 51.6 Å². The maximum atomic E-state index is 13.8. The van der Waals surface area contributed by atoms with E-state index >= 15 is 0 Å². The first-order valence-electron chi connectivity index (χ1n) is 23.1. The van der Waals surface area contributed by atoms with E-state index in [1.54, 1.807) is 0 Å². The molecule has 0 radical (unpaired) electrons. The summed E-state index contributed by atoms with van der Waals surface area (Å²) >= 11 is 1.37. The number of likely N-dealkylation sites (tertiary alicyclic amines) is 1. The minimum absolute atomic E-state index is 0.0238. The van der Waals surface area contributed by atoms with E-state index in [0.29, 0.717) is 44.4 Å². The number of carboxylic acids is 1. The number of amides is 2. The largest absolute Gasteiger partial charge is 0.507 e. The second-order valence-electron chi connectivity index (χ2n) is 17.7. The van der Waals surface area contributed by atoms with Crippen LogP contribution in [0.2, 0.25) is 0 Å². The number of carboxylic acid groups (broad SMARTS) is 1. The lowest BCUT2D eigenvalue weighted by Crippen LogP contribution is -2.52. The minimum Gasteiger partial charge on any atom is -0.507 e. The number of aliphatic hydroxyl groups excluding tert-OH is 2. The zero-order chi connectivity index (χ0) is 51.4. The van der Waals surface area contributed by atoms with Crippen molar-refractivity contribution in [1.29, 1.82) is 0 Å². The molecule has 6 aliphatic rings. The Labute approximate surface area is 410 Å². The molecule has 2 aromatic carbocycles. The highest BCUT2D eigenvalue weighted by Crippen LogP contribution is 2.52. The summed E-state index contributed by atoms with van der Waals surface area (Å²) in [6.07, 6.45) is 9.77. The molecular formula is C49H63N3O17S. The Kier molecular flexibility index (Phi) is 20.0. The second kappa shape index (κ2) is 25.2. The zero-order valence-corrected chi connectivity index (χ0v) is 40.3. The van der Waals surface area contributed by atoms with Gasteiger partial charge in [0.2, 0.25) is 17.6 Å². The summed E-state index contributed by atoms with van der Waals surface area (Å²) in [5, 5.41) is 63.0. The summed E-state index contributed by atoms with van der Waals surface area (Å²) < 4.78 is 23.6. The van der Waals surface area contributed by atoms with Gasteiger partial charge in [0.25, 0.3) is 0 Å². The smallest absolute Gasteiger partial charge is 0.306 e. The summed E-state index contributed by atoms with van der Waals surface area (Å²) in [5.74, 6) is -4.08. The molecule has 3 aliphatic carbocycles. The molecule has 1 unspecified atom stereocenters. The van der Waals surface area contributed by atoms with E-state index in [1.807, 2.05) is 7.05 Å². The number of thioether (sulfide) groups is 1. The molecule has 3 aliphatic heterocycles. The van der Waals surface area contributed by atoms with Gasteiger partial charge in [-0.1, -0.05) is 12.1 Å².